The summed E-state index contributed by atoms with van der Waals surface area (Å²) in [6, 6.07) is 3.71. The van der Waals surface area contributed by atoms with E-state index in [9.17, 15) is 19.5 Å². The Hall–Kier alpha value is -1.45. The fourth-order valence-corrected chi connectivity index (χ4v) is 1.60. The maximum absolute atomic E-state index is 11.6. The van der Waals surface area contributed by atoms with Gasteiger partial charge in [0.25, 0.3) is 0 Å². The van der Waals surface area contributed by atoms with Gasteiger partial charge in [-0.05, 0) is 30.5 Å². The second-order valence-electron chi connectivity index (χ2n) is 4.73. The Bertz CT molecular complexity index is 549. The van der Waals surface area contributed by atoms with E-state index in [1.54, 1.807) is 12.1 Å². The van der Waals surface area contributed by atoms with Gasteiger partial charge < -0.3 is 31.2 Å². The van der Waals surface area contributed by atoms with Gasteiger partial charge in [-0.25, -0.2) is 4.79 Å². The molecule has 9 heteroatoms. The average molecular weight is 332 g/mol. The average Bonchev–Trinajstić information content (AvgIpc) is 2.46. The first kappa shape index (κ1) is 21.6. The molecule has 1 aromatic rings. The molecule has 0 aliphatic rings. The number of carbonyl (C=O) groups is 3. The van der Waals surface area contributed by atoms with E-state index in [1.807, 2.05) is 0 Å². The van der Waals surface area contributed by atoms with Crippen molar-refractivity contribution in [1.29, 1.82) is 0 Å². The van der Waals surface area contributed by atoms with Gasteiger partial charge in [-0.15, -0.1) is 0 Å². The van der Waals surface area contributed by atoms with Gasteiger partial charge >= 0.3 is 41.5 Å². The van der Waals surface area contributed by atoms with Crippen LogP contribution < -0.4 is 46.1 Å². The molecule has 8 nitrogen and oxygen atoms in total. The minimum absolute atomic E-state index is 0. The number of aromatic hydroxyl groups is 1. The van der Waals surface area contributed by atoms with Crippen LogP contribution in [0.25, 0.3) is 0 Å². The van der Waals surface area contributed by atoms with Crippen molar-refractivity contribution in [3.05, 3.63) is 29.8 Å². The number of ether oxygens (including phenoxy) is 1. The molecule has 5 N–H and O–H groups in total. The van der Waals surface area contributed by atoms with Gasteiger partial charge in [0.2, 0.25) is 0 Å². The Balaban J connectivity index is 0.00000484. The zero-order valence-corrected chi connectivity index (χ0v) is 14.7. The van der Waals surface area contributed by atoms with Gasteiger partial charge in [-0.2, -0.15) is 0 Å². The fraction of sp³-hybridized carbons (Fsp3) is 0.357. The van der Waals surface area contributed by atoms with E-state index >= 15 is 0 Å². The predicted molar refractivity (Wildman–Crippen MR) is 73.1 cm³/mol. The number of hydrogen-bond acceptors (Lipinski definition) is 8. The number of esters is 2. The topological polar surface area (TPSA) is 156 Å². The third kappa shape index (κ3) is 8.10. The number of hydrogen-bond donors (Lipinski definition) is 3. The minimum atomic E-state index is -1.48. The molecule has 0 spiro atoms. The van der Waals surface area contributed by atoms with Crippen molar-refractivity contribution in [2.45, 2.75) is 31.3 Å². The van der Waals surface area contributed by atoms with E-state index in [2.05, 4.69) is 4.74 Å². The van der Waals surface area contributed by atoms with Crippen molar-refractivity contribution in [2.24, 2.45) is 11.5 Å². The van der Waals surface area contributed by atoms with E-state index in [4.69, 9.17) is 16.6 Å². The summed E-state index contributed by atoms with van der Waals surface area (Å²) >= 11 is 0. The molecule has 0 aromatic heterocycles. The van der Waals surface area contributed by atoms with E-state index in [1.165, 1.54) is 12.1 Å². The summed E-state index contributed by atoms with van der Waals surface area (Å²) < 4.78 is 4.52. The maximum atomic E-state index is 11.6. The van der Waals surface area contributed by atoms with Crippen LogP contribution in [0.1, 0.15) is 18.4 Å². The van der Waals surface area contributed by atoms with Crippen LogP contribution in [0.3, 0.4) is 0 Å². The molecule has 0 radical (unpaired) electrons. The first-order valence-electron chi connectivity index (χ1n) is 6.54. The number of phenols is 1. The molecule has 1 rings (SSSR count). The molecular weight excluding hydrogens is 315 g/mol. The maximum Gasteiger partial charge on any atom is 1.00 e. The summed E-state index contributed by atoms with van der Waals surface area (Å²) in [5.41, 5.74) is 11.5. The molecule has 0 bridgehead atoms. The molecule has 2 atom stereocenters. The van der Waals surface area contributed by atoms with E-state index in [-0.39, 0.29) is 54.6 Å². The molecular formula is C14H17N2NaO6. The number of rotatable bonds is 7. The minimum Gasteiger partial charge on any atom is -0.548 e. The van der Waals surface area contributed by atoms with Gasteiger partial charge in [-0.3, -0.25) is 4.79 Å². The van der Waals surface area contributed by atoms with Crippen LogP contribution in [-0.2, 0) is 25.5 Å². The summed E-state index contributed by atoms with van der Waals surface area (Å²) in [5.74, 6) is -3.22. The molecule has 0 saturated heterocycles. The number of carbonyl (C=O) groups excluding carboxylic acids is 3. The van der Waals surface area contributed by atoms with Crippen LogP contribution in [0, 0.1) is 0 Å². The molecule has 0 saturated carbocycles. The molecule has 1 aromatic carbocycles. The fourth-order valence-electron chi connectivity index (χ4n) is 1.60. The van der Waals surface area contributed by atoms with Crippen molar-refractivity contribution in [1.82, 2.24) is 0 Å². The number of aliphatic carboxylic acids is 1. The van der Waals surface area contributed by atoms with Gasteiger partial charge in [0.05, 0.1) is 5.97 Å². The SMILES string of the molecule is N[C@@H](CCC(=O)OC(=O)[C@@H](N)Cc1ccc(O)cc1)C(=O)[O-].[Na+]. The Morgan fingerprint density at radius 1 is 1.13 bits per heavy atom. The number of carboxylic acid groups (broad SMARTS) is 1. The molecule has 0 amide bonds. The van der Waals surface area contributed by atoms with Crippen molar-refractivity contribution in [3.8, 4) is 5.75 Å². The molecule has 0 fully saturated rings. The van der Waals surface area contributed by atoms with Crippen LogP contribution in [0.2, 0.25) is 0 Å². The number of benzene rings is 1. The first-order valence-corrected chi connectivity index (χ1v) is 6.54. The Labute approximate surface area is 155 Å². The quantitative estimate of drug-likeness (QED) is 0.255. The van der Waals surface area contributed by atoms with Gasteiger partial charge in [-0.1, -0.05) is 12.1 Å². The smallest absolute Gasteiger partial charge is 0.548 e. The van der Waals surface area contributed by atoms with Gasteiger partial charge in [0.15, 0.2) is 0 Å². The van der Waals surface area contributed by atoms with Gasteiger partial charge in [0.1, 0.15) is 11.8 Å². The van der Waals surface area contributed by atoms with Crippen LogP contribution in [0.4, 0.5) is 0 Å². The summed E-state index contributed by atoms with van der Waals surface area (Å²) in [7, 11) is 0. The Morgan fingerprint density at radius 3 is 2.22 bits per heavy atom. The summed E-state index contributed by atoms with van der Waals surface area (Å²) in [5, 5.41) is 19.5. The van der Waals surface area contributed by atoms with E-state index in [0.29, 0.717) is 5.56 Å². The van der Waals surface area contributed by atoms with Crippen LogP contribution >= 0.6 is 0 Å². The van der Waals surface area contributed by atoms with Crippen molar-refractivity contribution in [2.75, 3.05) is 0 Å². The molecule has 0 heterocycles. The Morgan fingerprint density at radius 2 is 1.70 bits per heavy atom. The van der Waals surface area contributed by atoms with E-state index in [0.717, 1.165) is 0 Å². The van der Waals surface area contributed by atoms with Crippen molar-refractivity contribution < 1.29 is 58.9 Å². The number of phenolic OH excluding ortho intramolecular Hbond substituents is 1. The second-order valence-corrected chi connectivity index (χ2v) is 4.73. The zero-order chi connectivity index (χ0) is 16.7. The summed E-state index contributed by atoms with van der Waals surface area (Å²) in [4.78, 5) is 33.4. The van der Waals surface area contributed by atoms with Crippen molar-refractivity contribution in [3.63, 3.8) is 0 Å². The third-order valence-corrected chi connectivity index (χ3v) is 2.87. The molecule has 120 valence electrons. The third-order valence-electron chi connectivity index (χ3n) is 2.87. The predicted octanol–water partition coefficient (Wildman–Crippen LogP) is -4.81. The Kier molecular flexibility index (Phi) is 9.70. The van der Waals surface area contributed by atoms with Crippen LogP contribution in [0.15, 0.2) is 24.3 Å². The summed E-state index contributed by atoms with van der Waals surface area (Å²) in [6.07, 6.45) is -0.389. The largest absolute Gasteiger partial charge is 1.00 e. The molecule has 0 aliphatic carbocycles. The number of carboxylic acids is 1. The zero-order valence-electron chi connectivity index (χ0n) is 12.7. The van der Waals surface area contributed by atoms with Crippen LogP contribution in [0.5, 0.6) is 5.75 Å². The molecule has 0 aliphatic heterocycles. The molecule has 0 unspecified atom stereocenters. The second kappa shape index (κ2) is 10.3. The van der Waals surface area contributed by atoms with Gasteiger partial charge in [0, 0.05) is 12.5 Å². The van der Waals surface area contributed by atoms with Crippen LogP contribution in [-0.4, -0.2) is 35.1 Å². The first-order chi connectivity index (χ1) is 10.3. The molecule has 23 heavy (non-hydrogen) atoms. The van der Waals surface area contributed by atoms with Crippen molar-refractivity contribution >= 4 is 17.9 Å². The van der Waals surface area contributed by atoms with E-state index < -0.39 is 30.0 Å². The normalized spacial score (nSPS) is 12.6. The number of nitrogens with two attached hydrogens (primary N) is 2. The monoisotopic (exact) mass is 332 g/mol. The standard InChI is InChI=1S/C14H18N2O6.Na/c15-10(13(19)20)5-6-12(18)22-14(21)11(16)7-8-1-3-9(17)4-2-8;/h1-4,10-11,17H,5-7,15-16H2,(H,19,20);/q;+1/p-1/t10-,11-;/m0./s1. The summed E-state index contributed by atoms with van der Waals surface area (Å²) in [6.45, 7) is 0.